The van der Waals surface area contributed by atoms with Crippen molar-refractivity contribution in [3.8, 4) is 16.4 Å². The molecule has 5 nitrogen and oxygen atoms in total. The summed E-state index contributed by atoms with van der Waals surface area (Å²) < 4.78 is 15.2. The maximum atomic E-state index is 13.7. The van der Waals surface area contributed by atoms with Crippen LogP contribution in [-0.4, -0.2) is 38.7 Å². The number of carbonyl (C=O) groups excluding carboxylic acids is 1. The summed E-state index contributed by atoms with van der Waals surface area (Å²) in [4.78, 5) is 20.1. The number of hydrogen-bond donors (Lipinski definition) is 0. The average Bonchev–Trinajstić information content (AvgIpc) is 3.30. The summed E-state index contributed by atoms with van der Waals surface area (Å²) in [5.41, 5.74) is 0.548. The van der Waals surface area contributed by atoms with E-state index in [1.807, 2.05) is 22.4 Å². The van der Waals surface area contributed by atoms with Gasteiger partial charge in [-0.1, -0.05) is 19.1 Å². The van der Waals surface area contributed by atoms with Crippen LogP contribution < -0.4 is 0 Å². The maximum absolute atomic E-state index is 13.7. The fourth-order valence-electron chi connectivity index (χ4n) is 3.27. The zero-order chi connectivity index (χ0) is 18.1. The van der Waals surface area contributed by atoms with E-state index in [1.165, 1.54) is 23.5 Å². The summed E-state index contributed by atoms with van der Waals surface area (Å²) in [6.45, 7) is 3.60. The van der Waals surface area contributed by atoms with Gasteiger partial charge in [-0.3, -0.25) is 4.79 Å². The van der Waals surface area contributed by atoms with Crippen molar-refractivity contribution < 1.29 is 9.18 Å². The Labute approximate surface area is 155 Å². The number of rotatable bonds is 3. The summed E-state index contributed by atoms with van der Waals surface area (Å²) in [5, 5.41) is 6.37. The minimum Gasteiger partial charge on any atom is -0.336 e. The first kappa shape index (κ1) is 16.9. The lowest BCUT2D eigenvalue weighted by Gasteiger charge is -2.29. The molecule has 1 saturated heterocycles. The molecule has 1 aromatic carbocycles. The minimum absolute atomic E-state index is 0.159. The zero-order valence-electron chi connectivity index (χ0n) is 14.4. The van der Waals surface area contributed by atoms with E-state index in [-0.39, 0.29) is 17.5 Å². The van der Waals surface area contributed by atoms with Crippen molar-refractivity contribution in [1.82, 2.24) is 19.7 Å². The van der Waals surface area contributed by atoms with Gasteiger partial charge in [0.2, 0.25) is 5.82 Å². The molecule has 0 unspecified atom stereocenters. The van der Waals surface area contributed by atoms with Gasteiger partial charge in [-0.15, -0.1) is 16.4 Å². The second-order valence-electron chi connectivity index (χ2n) is 6.63. The predicted octanol–water partition coefficient (Wildman–Crippen LogP) is 4.01. The number of benzene rings is 1. The molecule has 1 amide bonds. The predicted molar refractivity (Wildman–Crippen MR) is 98.9 cm³/mol. The molecular weight excluding hydrogens is 351 g/mol. The standard InChI is InChI=1S/C19H19FN4OS/c1-13-5-3-9-23(12-13)19(25)17-21-18(16-8-4-10-26-16)24(22-17)15-7-2-6-14(20)11-15/h2,4,6-8,10-11,13H,3,5,9,12H2,1H3/t13-/m0/s1. The number of piperidine rings is 1. The van der Waals surface area contributed by atoms with Gasteiger partial charge in [-0.05, 0) is 48.4 Å². The Morgan fingerprint density at radius 1 is 1.31 bits per heavy atom. The molecule has 7 heteroatoms. The van der Waals surface area contributed by atoms with Crippen molar-refractivity contribution in [1.29, 1.82) is 0 Å². The molecular formula is C19H19FN4OS. The van der Waals surface area contributed by atoms with Crippen molar-refractivity contribution in [2.45, 2.75) is 19.8 Å². The fraction of sp³-hybridized carbons (Fsp3) is 0.316. The van der Waals surface area contributed by atoms with E-state index in [0.29, 0.717) is 17.4 Å². The number of carbonyl (C=O) groups is 1. The second-order valence-corrected chi connectivity index (χ2v) is 7.57. The van der Waals surface area contributed by atoms with E-state index in [9.17, 15) is 9.18 Å². The summed E-state index contributed by atoms with van der Waals surface area (Å²) in [6.07, 6.45) is 2.13. The molecule has 0 radical (unpaired) electrons. The molecule has 3 aromatic rings. The Morgan fingerprint density at radius 3 is 2.92 bits per heavy atom. The second kappa shape index (κ2) is 6.99. The lowest BCUT2D eigenvalue weighted by molar-refractivity contribution is 0.0670. The van der Waals surface area contributed by atoms with E-state index >= 15 is 0 Å². The van der Waals surface area contributed by atoms with Gasteiger partial charge >= 0.3 is 0 Å². The first-order valence-electron chi connectivity index (χ1n) is 8.68. The molecule has 1 fully saturated rings. The van der Waals surface area contributed by atoms with Crippen LogP contribution in [0.25, 0.3) is 16.4 Å². The molecule has 4 rings (SSSR count). The number of hydrogen-bond acceptors (Lipinski definition) is 4. The number of nitrogens with zero attached hydrogens (tertiary/aromatic N) is 4. The van der Waals surface area contributed by atoms with E-state index in [2.05, 4.69) is 17.0 Å². The highest BCUT2D eigenvalue weighted by Crippen LogP contribution is 2.26. The Hall–Kier alpha value is -2.54. The van der Waals surface area contributed by atoms with Crippen LogP contribution in [0.1, 0.15) is 30.4 Å². The van der Waals surface area contributed by atoms with Gasteiger partial charge in [0.05, 0.1) is 10.6 Å². The number of halogens is 1. The Morgan fingerprint density at radius 2 is 2.19 bits per heavy atom. The van der Waals surface area contributed by atoms with Crippen LogP contribution in [0.15, 0.2) is 41.8 Å². The normalized spacial score (nSPS) is 17.5. The van der Waals surface area contributed by atoms with Crippen LogP contribution in [0.2, 0.25) is 0 Å². The first-order valence-corrected chi connectivity index (χ1v) is 9.56. The Bertz CT molecular complexity index is 922. The lowest BCUT2D eigenvalue weighted by atomic mass is 10.0. The van der Waals surface area contributed by atoms with Crippen molar-refractivity contribution in [2.24, 2.45) is 5.92 Å². The molecule has 26 heavy (non-hydrogen) atoms. The molecule has 134 valence electrons. The van der Waals surface area contributed by atoms with Crippen molar-refractivity contribution in [2.75, 3.05) is 13.1 Å². The van der Waals surface area contributed by atoms with Crippen LogP contribution in [-0.2, 0) is 0 Å². The molecule has 3 heterocycles. The van der Waals surface area contributed by atoms with Gasteiger partial charge in [-0.25, -0.2) is 14.1 Å². The first-order chi connectivity index (χ1) is 12.6. The topological polar surface area (TPSA) is 51.0 Å². The number of amides is 1. The molecule has 0 spiro atoms. The van der Waals surface area contributed by atoms with Gasteiger partial charge in [0.25, 0.3) is 5.91 Å². The van der Waals surface area contributed by atoms with Gasteiger partial charge < -0.3 is 4.90 Å². The van der Waals surface area contributed by atoms with Crippen LogP contribution in [0.5, 0.6) is 0 Å². The highest BCUT2D eigenvalue weighted by molar-refractivity contribution is 7.13. The van der Waals surface area contributed by atoms with Gasteiger partial charge in [0.15, 0.2) is 5.82 Å². The Balaban J connectivity index is 1.75. The highest BCUT2D eigenvalue weighted by atomic mass is 32.1. The van der Waals surface area contributed by atoms with Gasteiger partial charge in [0, 0.05) is 13.1 Å². The zero-order valence-corrected chi connectivity index (χ0v) is 15.2. The molecule has 0 aliphatic carbocycles. The largest absolute Gasteiger partial charge is 0.336 e. The van der Waals surface area contributed by atoms with Crippen LogP contribution in [0.3, 0.4) is 0 Å². The monoisotopic (exact) mass is 370 g/mol. The summed E-state index contributed by atoms with van der Waals surface area (Å²) >= 11 is 1.51. The van der Waals surface area contributed by atoms with Crippen LogP contribution >= 0.6 is 11.3 Å². The molecule has 0 bridgehead atoms. The van der Waals surface area contributed by atoms with Crippen molar-refractivity contribution in [3.63, 3.8) is 0 Å². The number of likely N-dealkylation sites (tertiary alicyclic amines) is 1. The van der Waals surface area contributed by atoms with E-state index in [1.54, 1.807) is 16.8 Å². The molecule has 0 N–H and O–H groups in total. The fourth-order valence-corrected chi connectivity index (χ4v) is 3.97. The molecule has 1 aliphatic heterocycles. The number of thiophene rings is 1. The average molecular weight is 370 g/mol. The van der Waals surface area contributed by atoms with Crippen molar-refractivity contribution in [3.05, 3.63) is 53.4 Å². The van der Waals surface area contributed by atoms with E-state index in [0.717, 1.165) is 30.8 Å². The molecule has 1 atom stereocenters. The Kier molecular flexibility index (Phi) is 4.55. The highest BCUT2D eigenvalue weighted by Gasteiger charge is 2.27. The quantitative estimate of drug-likeness (QED) is 0.700. The molecule has 0 saturated carbocycles. The van der Waals surface area contributed by atoms with Gasteiger partial charge in [-0.2, -0.15) is 0 Å². The third-order valence-electron chi connectivity index (χ3n) is 4.54. The van der Waals surface area contributed by atoms with Crippen molar-refractivity contribution >= 4 is 17.2 Å². The summed E-state index contributed by atoms with van der Waals surface area (Å²) in [7, 11) is 0. The maximum Gasteiger partial charge on any atom is 0.293 e. The third-order valence-corrected chi connectivity index (χ3v) is 5.40. The summed E-state index contributed by atoms with van der Waals surface area (Å²) in [5.74, 6) is 0.679. The minimum atomic E-state index is -0.354. The summed E-state index contributed by atoms with van der Waals surface area (Å²) in [6, 6.07) is 9.99. The smallest absolute Gasteiger partial charge is 0.293 e. The van der Waals surface area contributed by atoms with Crippen LogP contribution in [0.4, 0.5) is 4.39 Å². The molecule has 1 aliphatic rings. The third kappa shape index (κ3) is 3.26. The van der Waals surface area contributed by atoms with E-state index in [4.69, 9.17) is 0 Å². The molecule has 2 aromatic heterocycles. The lowest BCUT2D eigenvalue weighted by Crippen LogP contribution is -2.39. The van der Waals surface area contributed by atoms with Gasteiger partial charge in [0.1, 0.15) is 5.82 Å². The van der Waals surface area contributed by atoms with E-state index < -0.39 is 0 Å². The SMILES string of the molecule is C[C@H]1CCCN(C(=O)c2nc(-c3cccs3)n(-c3cccc(F)c3)n2)C1. The number of aromatic nitrogens is 3. The van der Waals surface area contributed by atoms with Crippen LogP contribution in [0, 0.1) is 11.7 Å².